The van der Waals surface area contributed by atoms with Gasteiger partial charge in [-0.15, -0.1) is 0 Å². The molecule has 1 N–H and O–H groups in total. The smallest absolute Gasteiger partial charge is 0.408 e. The van der Waals surface area contributed by atoms with Crippen LogP contribution < -0.4 is 0 Å². The Kier molecular flexibility index (Phi) is 6.43. The Hall–Kier alpha value is -2.07. The molecule has 136 valence electrons. The van der Waals surface area contributed by atoms with Crippen molar-refractivity contribution >= 4 is 33.8 Å². The number of carboxylic acid groups (broad SMARTS) is 1. The van der Waals surface area contributed by atoms with E-state index in [1.165, 1.54) is 12.1 Å². The topological polar surface area (TPSA) is 93.1 Å². The third-order valence-corrected chi connectivity index (χ3v) is 4.12. The number of carbonyl (C=O) groups excluding carboxylic acids is 2. The Labute approximate surface area is 149 Å². The molecule has 1 aromatic carbocycles. The second kappa shape index (κ2) is 8.34. The minimum atomic E-state index is -3.07. The third-order valence-electron chi connectivity index (χ3n) is 3.59. The van der Waals surface area contributed by atoms with Gasteiger partial charge in [0.25, 0.3) is 0 Å². The summed E-state index contributed by atoms with van der Waals surface area (Å²) >= 11 is 3.22. The predicted molar refractivity (Wildman–Crippen MR) is 83.4 cm³/mol. The van der Waals surface area contributed by atoms with E-state index in [4.69, 9.17) is 9.84 Å². The SMILES string of the molecule is O=C(COC(=O)C1CC(OC(F)F)CN1C(=O)O)c1ccc(Br)cc1. The van der Waals surface area contributed by atoms with Crippen LogP contribution >= 0.6 is 15.9 Å². The first-order valence-electron chi connectivity index (χ1n) is 7.16. The highest BCUT2D eigenvalue weighted by molar-refractivity contribution is 9.10. The number of benzene rings is 1. The zero-order chi connectivity index (χ0) is 18.6. The summed E-state index contributed by atoms with van der Waals surface area (Å²) in [5.41, 5.74) is 0.316. The zero-order valence-corrected chi connectivity index (χ0v) is 14.3. The summed E-state index contributed by atoms with van der Waals surface area (Å²) in [4.78, 5) is 35.8. The molecule has 1 fully saturated rings. The minimum absolute atomic E-state index is 0.262. The molecular formula is C15H14BrF2NO6. The van der Waals surface area contributed by atoms with E-state index in [0.29, 0.717) is 10.5 Å². The molecule has 0 aliphatic carbocycles. The van der Waals surface area contributed by atoms with Gasteiger partial charge in [0.2, 0.25) is 0 Å². The molecule has 2 atom stereocenters. The fourth-order valence-corrected chi connectivity index (χ4v) is 2.69. The third kappa shape index (κ3) is 5.20. The number of esters is 1. The highest BCUT2D eigenvalue weighted by atomic mass is 79.9. The maximum absolute atomic E-state index is 12.3. The number of hydrogen-bond acceptors (Lipinski definition) is 5. The molecule has 0 aromatic heterocycles. The average molecular weight is 422 g/mol. The largest absolute Gasteiger partial charge is 0.465 e. The van der Waals surface area contributed by atoms with Gasteiger partial charge in [-0.3, -0.25) is 9.69 Å². The standard InChI is InChI=1S/C15H14BrF2NO6/c16-9-3-1-8(2-4-9)12(20)7-24-13(21)11-5-10(25-14(17)18)6-19(11)15(22)23/h1-4,10-11,14H,5-7H2,(H,22,23). The van der Waals surface area contributed by atoms with Gasteiger partial charge in [0.15, 0.2) is 12.4 Å². The van der Waals surface area contributed by atoms with Crippen LogP contribution in [0.3, 0.4) is 0 Å². The highest BCUT2D eigenvalue weighted by Gasteiger charge is 2.42. The number of nitrogens with zero attached hydrogens (tertiary/aromatic N) is 1. The summed E-state index contributed by atoms with van der Waals surface area (Å²) in [6.07, 6.45) is -2.83. The van der Waals surface area contributed by atoms with Gasteiger partial charge in [0.05, 0.1) is 12.6 Å². The summed E-state index contributed by atoms with van der Waals surface area (Å²) in [7, 11) is 0. The molecule has 1 saturated heterocycles. The summed E-state index contributed by atoms with van der Waals surface area (Å²) in [5, 5.41) is 9.07. The van der Waals surface area contributed by atoms with Gasteiger partial charge < -0.3 is 14.6 Å². The van der Waals surface area contributed by atoms with Gasteiger partial charge in [-0.2, -0.15) is 8.78 Å². The molecule has 2 unspecified atom stereocenters. The quantitative estimate of drug-likeness (QED) is 0.560. The van der Waals surface area contributed by atoms with Crippen LogP contribution in [0.1, 0.15) is 16.8 Å². The van der Waals surface area contributed by atoms with Crippen LogP contribution in [0.2, 0.25) is 0 Å². The van der Waals surface area contributed by atoms with Crippen molar-refractivity contribution in [1.82, 2.24) is 4.90 Å². The molecule has 2 rings (SSSR count). The van der Waals surface area contributed by atoms with Crippen molar-refractivity contribution in [3.63, 3.8) is 0 Å². The lowest BCUT2D eigenvalue weighted by atomic mass is 10.1. The van der Waals surface area contributed by atoms with Crippen LogP contribution in [0.5, 0.6) is 0 Å². The Morgan fingerprint density at radius 1 is 1.28 bits per heavy atom. The van der Waals surface area contributed by atoms with E-state index in [-0.39, 0.29) is 13.0 Å². The zero-order valence-electron chi connectivity index (χ0n) is 12.7. The number of alkyl halides is 2. The first-order valence-corrected chi connectivity index (χ1v) is 7.95. The lowest BCUT2D eigenvalue weighted by Gasteiger charge is -2.19. The lowest BCUT2D eigenvalue weighted by molar-refractivity contribution is -0.160. The van der Waals surface area contributed by atoms with Crippen LogP contribution in [0.25, 0.3) is 0 Å². The highest BCUT2D eigenvalue weighted by Crippen LogP contribution is 2.23. The van der Waals surface area contributed by atoms with Crippen LogP contribution in [-0.4, -0.2) is 59.8 Å². The molecule has 1 aromatic rings. The fourth-order valence-electron chi connectivity index (χ4n) is 2.43. The van der Waals surface area contributed by atoms with Crippen LogP contribution in [0, 0.1) is 0 Å². The van der Waals surface area contributed by atoms with Gasteiger partial charge in [-0.1, -0.05) is 28.1 Å². The monoisotopic (exact) mass is 421 g/mol. The molecule has 25 heavy (non-hydrogen) atoms. The van der Waals surface area contributed by atoms with E-state index in [0.717, 1.165) is 4.47 Å². The number of carbonyl (C=O) groups is 3. The molecule has 0 saturated carbocycles. The molecular weight excluding hydrogens is 408 g/mol. The summed E-state index contributed by atoms with van der Waals surface area (Å²) in [6.45, 7) is -4.03. The molecule has 0 spiro atoms. The maximum Gasteiger partial charge on any atom is 0.408 e. The fraction of sp³-hybridized carbons (Fsp3) is 0.400. The molecule has 1 aliphatic heterocycles. The van der Waals surface area contributed by atoms with Crippen molar-refractivity contribution in [1.29, 1.82) is 0 Å². The van der Waals surface area contributed by atoms with Gasteiger partial charge in [0, 0.05) is 16.5 Å². The Morgan fingerprint density at radius 2 is 1.92 bits per heavy atom. The number of halogens is 3. The Balaban J connectivity index is 1.95. The van der Waals surface area contributed by atoms with E-state index in [2.05, 4.69) is 20.7 Å². The second-order valence-corrected chi connectivity index (χ2v) is 6.16. The van der Waals surface area contributed by atoms with Gasteiger partial charge in [0.1, 0.15) is 6.04 Å². The summed E-state index contributed by atoms with van der Waals surface area (Å²) < 4.78 is 34.4. The van der Waals surface area contributed by atoms with E-state index in [1.54, 1.807) is 12.1 Å². The normalized spacial score (nSPS) is 19.9. The minimum Gasteiger partial charge on any atom is -0.465 e. The first-order chi connectivity index (χ1) is 11.8. The number of rotatable bonds is 6. The number of ether oxygens (including phenoxy) is 2. The van der Waals surface area contributed by atoms with E-state index >= 15 is 0 Å². The lowest BCUT2D eigenvalue weighted by Crippen LogP contribution is -2.41. The van der Waals surface area contributed by atoms with Crippen LogP contribution in [0.15, 0.2) is 28.7 Å². The van der Waals surface area contributed by atoms with Crippen molar-refractivity contribution in [2.75, 3.05) is 13.2 Å². The van der Waals surface area contributed by atoms with E-state index in [1.807, 2.05) is 0 Å². The Morgan fingerprint density at radius 3 is 2.48 bits per heavy atom. The van der Waals surface area contributed by atoms with E-state index in [9.17, 15) is 23.2 Å². The molecule has 1 aliphatic rings. The van der Waals surface area contributed by atoms with Gasteiger partial charge >= 0.3 is 18.7 Å². The van der Waals surface area contributed by atoms with Gasteiger partial charge in [-0.05, 0) is 12.1 Å². The average Bonchev–Trinajstić information content (AvgIpc) is 2.96. The molecule has 1 heterocycles. The molecule has 0 bridgehead atoms. The maximum atomic E-state index is 12.3. The molecule has 10 heteroatoms. The molecule has 1 amide bonds. The predicted octanol–water partition coefficient (Wildman–Crippen LogP) is 2.54. The summed E-state index contributed by atoms with van der Waals surface area (Å²) in [5.74, 6) is -1.45. The Bertz CT molecular complexity index is 654. The number of ketones is 1. The number of hydrogen-bond donors (Lipinski definition) is 1. The molecule has 7 nitrogen and oxygen atoms in total. The summed E-state index contributed by atoms with van der Waals surface area (Å²) in [6, 6.07) is 5.06. The van der Waals surface area contributed by atoms with Crippen molar-refractivity contribution < 1.29 is 37.7 Å². The number of amides is 1. The van der Waals surface area contributed by atoms with Crippen LogP contribution in [0.4, 0.5) is 13.6 Å². The second-order valence-electron chi connectivity index (χ2n) is 5.24. The number of likely N-dealkylation sites (tertiary alicyclic amines) is 1. The first kappa shape index (κ1) is 19.3. The van der Waals surface area contributed by atoms with E-state index < -0.39 is 43.2 Å². The molecule has 0 radical (unpaired) electrons. The van der Waals surface area contributed by atoms with Crippen molar-refractivity contribution in [2.24, 2.45) is 0 Å². The van der Waals surface area contributed by atoms with Crippen LogP contribution in [-0.2, 0) is 14.3 Å². The number of Topliss-reactive ketones (excluding diaryl/α,β-unsaturated/α-hetero) is 1. The van der Waals surface area contributed by atoms with Crippen molar-refractivity contribution in [2.45, 2.75) is 25.2 Å². The van der Waals surface area contributed by atoms with Crippen molar-refractivity contribution in [3.05, 3.63) is 34.3 Å². The van der Waals surface area contributed by atoms with Gasteiger partial charge in [-0.25, -0.2) is 9.59 Å². The van der Waals surface area contributed by atoms with Crippen molar-refractivity contribution in [3.8, 4) is 0 Å².